The lowest BCUT2D eigenvalue weighted by Crippen LogP contribution is -2.26. The van der Waals surface area contributed by atoms with Gasteiger partial charge in [0.1, 0.15) is 5.84 Å². The van der Waals surface area contributed by atoms with E-state index in [1.165, 1.54) is 0 Å². The van der Waals surface area contributed by atoms with Crippen molar-refractivity contribution in [1.82, 2.24) is 9.88 Å². The highest BCUT2D eigenvalue weighted by molar-refractivity contribution is 6.22. The number of aromatic nitrogens is 1. The molecule has 50 heavy (non-hydrogen) atoms. The van der Waals surface area contributed by atoms with E-state index in [0.29, 0.717) is 12.4 Å². The maximum absolute atomic E-state index is 9.77. The van der Waals surface area contributed by atoms with E-state index in [1.54, 1.807) is 0 Å². The molecule has 0 amide bonds. The molecule has 1 aromatic heterocycles. The number of nitrogens with zero attached hydrogens (tertiary/aromatic N) is 3. The van der Waals surface area contributed by atoms with E-state index < -0.39 is 0 Å². The lowest BCUT2D eigenvalue weighted by atomic mass is 9.92. The van der Waals surface area contributed by atoms with E-state index in [2.05, 4.69) is 132 Å². The molecule has 8 aromatic rings. The fourth-order valence-electron chi connectivity index (χ4n) is 7.28. The molecule has 1 aliphatic rings. The SMILES string of the molecule is N=C(/N=C(\NCc1ccccc1)c1ccccc1)n1c2ccccc2c2ccc3c(c21)-c1ccccc1N(c1ccccc1)c1ccccc1-3. The Balaban J connectivity index is 1.32. The summed E-state index contributed by atoms with van der Waals surface area (Å²) in [4.78, 5) is 7.44. The Hall–Kier alpha value is -6.72. The third-order valence-electron chi connectivity index (χ3n) is 9.48. The van der Waals surface area contributed by atoms with Gasteiger partial charge in [0.2, 0.25) is 5.96 Å². The normalized spacial score (nSPS) is 12.2. The Morgan fingerprint density at radius 3 is 1.90 bits per heavy atom. The molecule has 0 atom stereocenters. The maximum Gasteiger partial charge on any atom is 0.229 e. The number of hydrogen-bond donors (Lipinski definition) is 2. The van der Waals surface area contributed by atoms with Gasteiger partial charge in [0.25, 0.3) is 0 Å². The van der Waals surface area contributed by atoms with Crippen molar-refractivity contribution in [3.63, 3.8) is 0 Å². The van der Waals surface area contributed by atoms with Gasteiger partial charge in [0.05, 0.1) is 22.4 Å². The average molecular weight is 644 g/mol. The maximum atomic E-state index is 9.77. The molecular formula is C45H33N5. The van der Waals surface area contributed by atoms with E-state index in [-0.39, 0.29) is 5.96 Å². The van der Waals surface area contributed by atoms with Crippen LogP contribution in [0.15, 0.2) is 181 Å². The fourth-order valence-corrected chi connectivity index (χ4v) is 7.28. The second-order valence-corrected chi connectivity index (χ2v) is 12.4. The van der Waals surface area contributed by atoms with Gasteiger partial charge in [-0.15, -0.1) is 0 Å². The van der Waals surface area contributed by atoms with Crippen molar-refractivity contribution in [3.05, 3.63) is 187 Å². The number of amidine groups is 1. The molecule has 0 saturated carbocycles. The Kier molecular flexibility index (Phi) is 7.29. The van der Waals surface area contributed by atoms with Crippen LogP contribution in [0.25, 0.3) is 44.1 Å². The zero-order valence-corrected chi connectivity index (χ0v) is 27.3. The summed E-state index contributed by atoms with van der Waals surface area (Å²) in [6.45, 7) is 0.587. The van der Waals surface area contributed by atoms with Crippen LogP contribution in [0.5, 0.6) is 0 Å². The van der Waals surface area contributed by atoms with E-state index in [9.17, 15) is 5.41 Å². The minimum atomic E-state index is 0.138. The zero-order chi connectivity index (χ0) is 33.4. The predicted octanol–water partition coefficient (Wildman–Crippen LogP) is 10.9. The predicted molar refractivity (Wildman–Crippen MR) is 208 cm³/mol. The minimum absolute atomic E-state index is 0.138. The number of benzene rings is 7. The summed E-state index contributed by atoms with van der Waals surface area (Å²) >= 11 is 0. The van der Waals surface area contributed by atoms with Crippen LogP contribution in [0.1, 0.15) is 11.1 Å². The summed E-state index contributed by atoms with van der Waals surface area (Å²) in [5.74, 6) is 0.785. The summed E-state index contributed by atoms with van der Waals surface area (Å²) in [5.41, 5.74) is 11.7. The summed E-state index contributed by atoms with van der Waals surface area (Å²) in [7, 11) is 0. The monoisotopic (exact) mass is 643 g/mol. The second-order valence-electron chi connectivity index (χ2n) is 12.4. The minimum Gasteiger partial charge on any atom is -0.365 e. The highest BCUT2D eigenvalue weighted by Crippen LogP contribution is 2.53. The van der Waals surface area contributed by atoms with Gasteiger partial charge in [-0.1, -0.05) is 146 Å². The van der Waals surface area contributed by atoms with Crippen molar-refractivity contribution < 1.29 is 0 Å². The lowest BCUT2D eigenvalue weighted by Gasteiger charge is -2.27. The van der Waals surface area contributed by atoms with E-state index in [0.717, 1.165) is 72.2 Å². The van der Waals surface area contributed by atoms with E-state index in [1.807, 2.05) is 59.2 Å². The number of rotatable bonds is 4. The Labute approximate surface area is 290 Å². The molecule has 0 unspecified atom stereocenters. The molecule has 0 radical (unpaired) electrons. The first-order valence-corrected chi connectivity index (χ1v) is 16.9. The van der Waals surface area contributed by atoms with Crippen LogP contribution in [0.4, 0.5) is 17.1 Å². The lowest BCUT2D eigenvalue weighted by molar-refractivity contribution is 0.914. The third-order valence-corrected chi connectivity index (χ3v) is 9.48. The molecule has 7 aromatic carbocycles. The van der Waals surface area contributed by atoms with Gasteiger partial charge in [-0.05, 0) is 41.5 Å². The Morgan fingerprint density at radius 1 is 0.540 bits per heavy atom. The van der Waals surface area contributed by atoms with Gasteiger partial charge >= 0.3 is 0 Å². The molecule has 0 fully saturated rings. The molecule has 2 N–H and O–H groups in total. The topological polar surface area (TPSA) is 56.4 Å². The first-order chi connectivity index (χ1) is 24.8. The van der Waals surface area contributed by atoms with Crippen molar-refractivity contribution in [2.75, 3.05) is 4.90 Å². The van der Waals surface area contributed by atoms with Crippen molar-refractivity contribution in [2.45, 2.75) is 6.54 Å². The van der Waals surface area contributed by atoms with Gasteiger partial charge in [-0.2, -0.15) is 4.99 Å². The standard InChI is InChI=1S/C45H33N5/c46-45(48-44(32-18-6-2-7-19-32)47-30-31-16-4-1-5-17-31)50-40-26-14-11-23-35(40)37-29-28-36-34-22-10-13-25-39(34)49(33-20-8-3-9-21-33)41-27-15-12-24-38(41)42(36)43(37)50/h1-29H,30H2,(H2,46,47,48). The highest BCUT2D eigenvalue weighted by Gasteiger charge is 2.29. The molecule has 238 valence electrons. The van der Waals surface area contributed by atoms with Crippen LogP contribution in [0.3, 0.4) is 0 Å². The highest BCUT2D eigenvalue weighted by atomic mass is 15.2. The molecule has 1 aliphatic heterocycles. The molecule has 5 heteroatoms. The molecule has 0 bridgehead atoms. The molecular weight excluding hydrogens is 611 g/mol. The number of aliphatic imine (C=N–C) groups is 1. The van der Waals surface area contributed by atoms with Crippen LogP contribution < -0.4 is 10.2 Å². The molecule has 9 rings (SSSR count). The summed E-state index contributed by atoms with van der Waals surface area (Å²) in [6, 6.07) is 61.0. The fraction of sp³-hybridized carbons (Fsp3) is 0.0222. The molecule has 2 heterocycles. The molecule has 5 nitrogen and oxygen atoms in total. The van der Waals surface area contributed by atoms with Crippen LogP contribution in [-0.2, 0) is 6.54 Å². The number of nitrogens with one attached hydrogen (secondary N) is 2. The Bertz CT molecular complexity index is 2550. The first kappa shape index (κ1) is 29.4. The third kappa shape index (κ3) is 4.95. The molecule has 0 spiro atoms. The summed E-state index contributed by atoms with van der Waals surface area (Å²) in [5, 5.41) is 15.5. The van der Waals surface area contributed by atoms with Gasteiger partial charge in [-0.25, -0.2) is 0 Å². The summed E-state index contributed by atoms with van der Waals surface area (Å²) in [6.07, 6.45) is 0. The van der Waals surface area contributed by atoms with Crippen LogP contribution in [0.2, 0.25) is 0 Å². The van der Waals surface area contributed by atoms with Gasteiger partial charge in [0.15, 0.2) is 0 Å². The van der Waals surface area contributed by atoms with Gasteiger partial charge in [-0.3, -0.25) is 9.98 Å². The van der Waals surface area contributed by atoms with Crippen LogP contribution >= 0.6 is 0 Å². The average Bonchev–Trinajstić information content (AvgIpc) is 3.46. The largest absolute Gasteiger partial charge is 0.365 e. The van der Waals surface area contributed by atoms with Gasteiger partial charge in [0, 0.05) is 45.3 Å². The Morgan fingerprint density at radius 2 is 1.14 bits per heavy atom. The van der Waals surface area contributed by atoms with Crippen molar-refractivity contribution >= 4 is 50.7 Å². The quantitative estimate of drug-likeness (QED) is 0.148. The second kappa shape index (κ2) is 12.4. The first-order valence-electron chi connectivity index (χ1n) is 16.9. The molecule has 0 saturated heterocycles. The molecule has 0 aliphatic carbocycles. The number of anilines is 3. The van der Waals surface area contributed by atoms with Gasteiger partial charge < -0.3 is 10.2 Å². The summed E-state index contributed by atoms with van der Waals surface area (Å²) < 4.78 is 2.04. The van der Waals surface area contributed by atoms with Crippen molar-refractivity contribution in [3.8, 4) is 22.3 Å². The van der Waals surface area contributed by atoms with Crippen LogP contribution in [-0.4, -0.2) is 16.4 Å². The number of hydrogen-bond acceptors (Lipinski definition) is 2. The van der Waals surface area contributed by atoms with Crippen molar-refractivity contribution in [1.29, 1.82) is 5.41 Å². The number of fused-ring (bicyclic) bond motifs is 9. The zero-order valence-electron chi connectivity index (χ0n) is 27.3. The smallest absolute Gasteiger partial charge is 0.229 e. The van der Waals surface area contributed by atoms with E-state index >= 15 is 0 Å². The van der Waals surface area contributed by atoms with Crippen LogP contribution in [0, 0.1) is 5.41 Å². The number of para-hydroxylation sites is 4. The van der Waals surface area contributed by atoms with Crippen molar-refractivity contribution in [2.24, 2.45) is 4.99 Å². The van der Waals surface area contributed by atoms with E-state index in [4.69, 9.17) is 4.99 Å².